The lowest BCUT2D eigenvalue weighted by Gasteiger charge is -2.09. The molecule has 0 saturated heterocycles. The Kier molecular flexibility index (Phi) is 19.9. The number of aryl methyl sites for hydroxylation is 5. The van der Waals surface area contributed by atoms with Gasteiger partial charge in [0.2, 0.25) is 0 Å². The van der Waals surface area contributed by atoms with E-state index in [0.717, 1.165) is 0 Å². The van der Waals surface area contributed by atoms with Gasteiger partial charge >= 0.3 is 0 Å². The SMILES string of the molecule is Cc1ccc(-c2ccc3c(c2)c2ccccc2n3-c2ccccc2)cc1.Cc1ccc2c(c1)c1ccccc1n2-c1ccccc1.Cc1ccc2c3ccccc3n(-c3ccccc3)c2c1.Cc1cccc(-c2ccc3c(c2)c2ccccc2n3-c2ccccc2)c1.Cc1ccccc1-c1ccc2c(c1)c1ccccc1n2-c1ccccc1. The third-order valence-electron chi connectivity index (χ3n) is 22.9. The molecule has 5 heterocycles. The van der Waals surface area contributed by atoms with E-state index in [4.69, 9.17) is 0 Å². The third-order valence-corrected chi connectivity index (χ3v) is 22.9. The van der Waals surface area contributed by atoms with E-state index in [9.17, 15) is 0 Å². The van der Waals surface area contributed by atoms with Crippen LogP contribution in [0, 0.1) is 34.6 Å². The zero-order chi connectivity index (χ0) is 79.6. The lowest BCUT2D eigenvalue weighted by molar-refractivity contribution is 1.18. The van der Waals surface area contributed by atoms with Crippen molar-refractivity contribution in [3.8, 4) is 61.8 Å². The minimum absolute atomic E-state index is 1.20. The molecular formula is C113H87N5. The maximum absolute atomic E-state index is 2.35. The van der Waals surface area contributed by atoms with Crippen molar-refractivity contribution in [1.82, 2.24) is 22.8 Å². The van der Waals surface area contributed by atoms with Gasteiger partial charge in [-0.15, -0.1) is 0 Å². The summed E-state index contributed by atoms with van der Waals surface area (Å²) in [6.45, 7) is 10.7. The van der Waals surface area contributed by atoms with Gasteiger partial charge in [-0.1, -0.05) is 308 Å². The van der Waals surface area contributed by atoms with Gasteiger partial charge in [-0.25, -0.2) is 0 Å². The molecule has 0 amide bonds. The summed E-state index contributed by atoms with van der Waals surface area (Å²) in [5, 5.41) is 13.0. The highest BCUT2D eigenvalue weighted by Crippen LogP contribution is 2.41. The average Bonchev–Trinajstić information content (AvgIpc) is 1.64. The highest BCUT2D eigenvalue weighted by Gasteiger charge is 2.19. The van der Waals surface area contributed by atoms with Crippen molar-refractivity contribution in [2.24, 2.45) is 0 Å². The minimum Gasteiger partial charge on any atom is -0.309 e. The second-order valence-electron chi connectivity index (χ2n) is 30.7. The largest absolute Gasteiger partial charge is 0.309 e. The van der Waals surface area contributed by atoms with Crippen LogP contribution in [0.5, 0.6) is 0 Å². The predicted molar refractivity (Wildman–Crippen MR) is 504 cm³/mol. The Labute approximate surface area is 688 Å². The molecule has 18 aromatic carbocycles. The van der Waals surface area contributed by atoms with E-state index in [0.29, 0.717) is 0 Å². The first-order chi connectivity index (χ1) is 58.1. The molecule has 23 rings (SSSR count). The highest BCUT2D eigenvalue weighted by molar-refractivity contribution is 6.14. The number of nitrogens with zero attached hydrogens (tertiary/aromatic N) is 5. The van der Waals surface area contributed by atoms with Gasteiger partial charge in [-0.2, -0.15) is 0 Å². The van der Waals surface area contributed by atoms with Crippen LogP contribution in [0.4, 0.5) is 0 Å². The molecule has 0 spiro atoms. The third kappa shape index (κ3) is 14.0. The molecule has 0 bridgehead atoms. The van der Waals surface area contributed by atoms with Gasteiger partial charge in [-0.3, -0.25) is 0 Å². The number of hydrogen-bond donors (Lipinski definition) is 0. The molecule has 0 unspecified atom stereocenters. The maximum Gasteiger partial charge on any atom is 0.0543 e. The molecule has 5 heteroatoms. The predicted octanol–water partition coefficient (Wildman–Crippen LogP) is 30.5. The zero-order valence-electron chi connectivity index (χ0n) is 66.8. The lowest BCUT2D eigenvalue weighted by Crippen LogP contribution is -1.92. The highest BCUT2D eigenvalue weighted by atomic mass is 15.0. The van der Waals surface area contributed by atoms with E-state index in [1.165, 1.54) is 199 Å². The fourth-order valence-electron chi connectivity index (χ4n) is 17.4. The van der Waals surface area contributed by atoms with Crippen LogP contribution in [0.2, 0.25) is 0 Å². The fourth-order valence-corrected chi connectivity index (χ4v) is 17.4. The van der Waals surface area contributed by atoms with Gasteiger partial charge in [0.15, 0.2) is 0 Å². The molecule has 0 aliphatic carbocycles. The van der Waals surface area contributed by atoms with Crippen LogP contribution in [-0.4, -0.2) is 22.8 Å². The van der Waals surface area contributed by atoms with Gasteiger partial charge in [0.05, 0.1) is 55.2 Å². The first kappa shape index (κ1) is 73.2. The summed E-state index contributed by atoms with van der Waals surface area (Å²) in [6.07, 6.45) is 0. The van der Waals surface area contributed by atoms with Gasteiger partial charge in [-0.05, 0) is 225 Å². The number of fused-ring (bicyclic) bond motifs is 15. The molecule has 0 aliphatic rings. The van der Waals surface area contributed by atoms with Gasteiger partial charge in [0, 0.05) is 82.3 Å². The van der Waals surface area contributed by atoms with Crippen molar-refractivity contribution in [3.63, 3.8) is 0 Å². The number of rotatable bonds is 8. The Morgan fingerprint density at radius 2 is 0.398 bits per heavy atom. The summed E-state index contributed by atoms with van der Waals surface area (Å²) in [5.41, 5.74) is 32.6. The van der Waals surface area contributed by atoms with Crippen LogP contribution in [0.25, 0.3) is 171 Å². The Balaban J connectivity index is 0.0000000984. The van der Waals surface area contributed by atoms with Crippen LogP contribution in [0.1, 0.15) is 27.8 Å². The molecule has 564 valence electrons. The van der Waals surface area contributed by atoms with E-state index in [1.807, 2.05) is 0 Å². The second kappa shape index (κ2) is 32.1. The first-order valence-corrected chi connectivity index (χ1v) is 40.7. The summed E-state index contributed by atoms with van der Waals surface area (Å²) >= 11 is 0. The van der Waals surface area contributed by atoms with Crippen LogP contribution in [-0.2, 0) is 0 Å². The molecule has 118 heavy (non-hydrogen) atoms. The molecule has 0 aliphatic heterocycles. The zero-order valence-corrected chi connectivity index (χ0v) is 66.8. The van der Waals surface area contributed by atoms with Crippen molar-refractivity contribution < 1.29 is 0 Å². The van der Waals surface area contributed by atoms with Crippen LogP contribution < -0.4 is 0 Å². The number of para-hydroxylation sites is 10. The molecule has 0 N–H and O–H groups in total. The van der Waals surface area contributed by atoms with Crippen molar-refractivity contribution >= 4 is 109 Å². The van der Waals surface area contributed by atoms with Crippen molar-refractivity contribution in [3.05, 3.63) is 465 Å². The summed E-state index contributed by atoms with van der Waals surface area (Å²) in [6, 6.07) is 156. The maximum atomic E-state index is 2.35. The first-order valence-electron chi connectivity index (χ1n) is 40.7. The van der Waals surface area contributed by atoms with Crippen LogP contribution >= 0.6 is 0 Å². The van der Waals surface area contributed by atoms with Gasteiger partial charge < -0.3 is 22.8 Å². The number of aromatic nitrogens is 5. The van der Waals surface area contributed by atoms with E-state index >= 15 is 0 Å². The Morgan fingerprint density at radius 3 is 0.805 bits per heavy atom. The molecule has 0 fully saturated rings. The van der Waals surface area contributed by atoms with Crippen molar-refractivity contribution in [2.45, 2.75) is 34.6 Å². The van der Waals surface area contributed by atoms with E-state index < -0.39 is 0 Å². The van der Waals surface area contributed by atoms with Crippen LogP contribution in [0.3, 0.4) is 0 Å². The normalized spacial score (nSPS) is 11.3. The molecule has 0 atom stereocenters. The topological polar surface area (TPSA) is 24.6 Å². The van der Waals surface area contributed by atoms with Gasteiger partial charge in [0.25, 0.3) is 0 Å². The van der Waals surface area contributed by atoms with Crippen molar-refractivity contribution in [1.29, 1.82) is 0 Å². The minimum atomic E-state index is 1.20. The Hall–Kier alpha value is -15.0. The molecule has 5 nitrogen and oxygen atoms in total. The summed E-state index contributed by atoms with van der Waals surface area (Å²) in [7, 11) is 0. The second-order valence-corrected chi connectivity index (χ2v) is 30.7. The van der Waals surface area contributed by atoms with E-state index in [1.54, 1.807) is 0 Å². The Morgan fingerprint density at radius 1 is 0.136 bits per heavy atom. The lowest BCUT2D eigenvalue weighted by atomic mass is 9.99. The molecule has 0 radical (unpaired) electrons. The van der Waals surface area contributed by atoms with E-state index in [-0.39, 0.29) is 0 Å². The summed E-state index contributed by atoms with van der Waals surface area (Å²) < 4.78 is 11.7. The Bertz CT molecular complexity index is 7560. The summed E-state index contributed by atoms with van der Waals surface area (Å²) in [4.78, 5) is 0. The van der Waals surface area contributed by atoms with Gasteiger partial charge in [0.1, 0.15) is 0 Å². The van der Waals surface area contributed by atoms with E-state index in [2.05, 4.69) is 494 Å². The number of hydrogen-bond acceptors (Lipinski definition) is 0. The molecule has 0 saturated carbocycles. The quantitative estimate of drug-likeness (QED) is 0.145. The van der Waals surface area contributed by atoms with Crippen molar-refractivity contribution in [2.75, 3.05) is 0 Å². The molecular weight excluding hydrogens is 1430 g/mol. The smallest absolute Gasteiger partial charge is 0.0543 e. The molecule has 5 aromatic heterocycles. The average molecular weight is 1510 g/mol. The summed E-state index contributed by atoms with van der Waals surface area (Å²) in [5.74, 6) is 0. The van der Waals surface area contributed by atoms with Crippen LogP contribution in [0.15, 0.2) is 437 Å². The number of benzene rings is 18. The monoisotopic (exact) mass is 1510 g/mol. The molecule has 23 aromatic rings. The standard InChI is InChI=1S/3C25H19N.2C19H15N/c1-18-8-7-9-19(16-18)20-14-15-25-23(17-20)22-12-5-6-13-24(22)26(25)21-10-3-2-4-11-21;1-18-9-5-6-12-21(18)19-15-16-25-23(17-19)22-13-7-8-14-24(22)26(25)20-10-3-2-4-11-20;1-18-11-13-19(14-12-18)20-15-16-25-23(17-20)22-9-5-6-10-24(22)26(25)21-7-3-2-4-8-21;1-14-11-12-19-17(13-14)16-9-5-6-10-18(16)20(19)15-7-3-2-4-8-15;1-14-11-12-17-16-9-5-6-10-18(16)20(19(17)13-14)15-7-3-2-4-8-15/h3*2-17H,1H3;2*2-13H,1H3. The fraction of sp³-hybridized carbons (Fsp3) is 0.0442.